The number of carbonyl (C=O) groups is 1. The minimum atomic E-state index is -3.37. The molecule has 0 unspecified atom stereocenters. The van der Waals surface area contributed by atoms with Crippen LogP contribution in [0.3, 0.4) is 0 Å². The second-order valence-corrected chi connectivity index (χ2v) is 6.09. The highest BCUT2D eigenvalue weighted by Crippen LogP contribution is 2.56. The van der Waals surface area contributed by atoms with Gasteiger partial charge in [-0.05, 0) is 18.6 Å². The summed E-state index contributed by atoms with van der Waals surface area (Å²) in [6, 6.07) is 9.32. The SMILES string of the molecule is COP(=O)(OC)/C(=C\c1ccccc1)CC(C)=O. The molecule has 0 radical (unpaired) electrons. The number of hydrogen-bond donors (Lipinski definition) is 0. The zero-order chi connectivity index (χ0) is 13.6. The molecule has 0 saturated heterocycles. The number of ketones is 1. The summed E-state index contributed by atoms with van der Waals surface area (Å²) >= 11 is 0. The highest BCUT2D eigenvalue weighted by atomic mass is 31.2. The van der Waals surface area contributed by atoms with Gasteiger partial charge in [0, 0.05) is 26.0 Å². The molecule has 0 amide bonds. The van der Waals surface area contributed by atoms with Crippen LogP contribution in [0, 0.1) is 0 Å². The predicted octanol–water partition coefficient (Wildman–Crippen LogP) is 3.49. The van der Waals surface area contributed by atoms with Gasteiger partial charge >= 0.3 is 7.60 Å². The Labute approximate surface area is 107 Å². The highest BCUT2D eigenvalue weighted by molar-refractivity contribution is 7.58. The smallest absolute Gasteiger partial charge is 0.309 e. The van der Waals surface area contributed by atoms with Gasteiger partial charge in [0.05, 0.1) is 0 Å². The molecule has 0 aromatic heterocycles. The first-order chi connectivity index (χ1) is 8.51. The Morgan fingerprint density at radius 1 is 1.22 bits per heavy atom. The molecule has 18 heavy (non-hydrogen) atoms. The highest BCUT2D eigenvalue weighted by Gasteiger charge is 2.28. The van der Waals surface area contributed by atoms with Gasteiger partial charge in [-0.15, -0.1) is 0 Å². The van der Waals surface area contributed by atoms with Crippen molar-refractivity contribution in [2.24, 2.45) is 0 Å². The van der Waals surface area contributed by atoms with E-state index >= 15 is 0 Å². The van der Waals surface area contributed by atoms with E-state index in [0.717, 1.165) is 5.56 Å². The van der Waals surface area contributed by atoms with Crippen LogP contribution in [0.2, 0.25) is 0 Å². The number of benzene rings is 1. The molecule has 0 N–H and O–H groups in total. The monoisotopic (exact) mass is 268 g/mol. The van der Waals surface area contributed by atoms with E-state index in [-0.39, 0.29) is 12.2 Å². The number of Topliss-reactive ketones (excluding diaryl/α,β-unsaturated/α-hetero) is 1. The molecule has 0 heterocycles. The van der Waals surface area contributed by atoms with E-state index in [1.54, 1.807) is 6.08 Å². The van der Waals surface area contributed by atoms with E-state index in [0.29, 0.717) is 5.31 Å². The van der Waals surface area contributed by atoms with Crippen molar-refractivity contribution >= 4 is 19.5 Å². The molecule has 0 aliphatic rings. The predicted molar refractivity (Wildman–Crippen MR) is 71.3 cm³/mol. The molecule has 5 heteroatoms. The molecule has 0 atom stereocenters. The van der Waals surface area contributed by atoms with Crippen LogP contribution in [0.5, 0.6) is 0 Å². The van der Waals surface area contributed by atoms with Gasteiger partial charge in [0.1, 0.15) is 5.78 Å². The van der Waals surface area contributed by atoms with E-state index in [9.17, 15) is 9.36 Å². The summed E-state index contributed by atoms with van der Waals surface area (Å²) in [6.07, 6.45) is 1.73. The van der Waals surface area contributed by atoms with Crippen LogP contribution in [0.4, 0.5) is 0 Å². The zero-order valence-corrected chi connectivity index (χ0v) is 11.6. The molecule has 0 fully saturated rings. The lowest BCUT2D eigenvalue weighted by Crippen LogP contribution is -1.99. The molecule has 0 aliphatic carbocycles. The van der Waals surface area contributed by atoms with Crippen molar-refractivity contribution in [1.82, 2.24) is 0 Å². The molecule has 0 saturated carbocycles. The molecule has 0 aliphatic heterocycles. The van der Waals surface area contributed by atoms with Crippen molar-refractivity contribution < 1.29 is 18.4 Å². The van der Waals surface area contributed by atoms with Gasteiger partial charge in [-0.3, -0.25) is 9.36 Å². The fourth-order valence-corrected chi connectivity index (χ4v) is 2.87. The number of carbonyl (C=O) groups excluding carboxylic acids is 1. The molecular formula is C13H17O4P. The standard InChI is InChI=1S/C13H17O4P/c1-11(14)9-13(18(15,16-2)17-3)10-12-7-5-4-6-8-12/h4-8,10H,9H2,1-3H3/b13-10-. The van der Waals surface area contributed by atoms with E-state index < -0.39 is 7.60 Å². The normalized spacial score (nSPS) is 12.5. The minimum absolute atomic E-state index is 0.0495. The van der Waals surface area contributed by atoms with Gasteiger partial charge in [0.2, 0.25) is 0 Å². The Balaban J connectivity index is 3.17. The van der Waals surface area contributed by atoms with Crippen molar-refractivity contribution in [2.45, 2.75) is 13.3 Å². The van der Waals surface area contributed by atoms with E-state index in [2.05, 4.69) is 0 Å². The molecule has 1 aromatic carbocycles. The first-order valence-electron chi connectivity index (χ1n) is 5.49. The molecule has 98 valence electrons. The first-order valence-corrected chi connectivity index (χ1v) is 7.03. The van der Waals surface area contributed by atoms with Crippen LogP contribution in [0.15, 0.2) is 35.6 Å². The Hall–Kier alpha value is -1.22. The second kappa shape index (κ2) is 6.64. The van der Waals surface area contributed by atoms with Crippen LogP contribution in [-0.2, 0) is 18.4 Å². The Morgan fingerprint density at radius 2 is 1.78 bits per heavy atom. The molecule has 0 spiro atoms. The zero-order valence-electron chi connectivity index (χ0n) is 10.8. The lowest BCUT2D eigenvalue weighted by molar-refractivity contribution is -0.116. The van der Waals surface area contributed by atoms with Crippen molar-refractivity contribution in [1.29, 1.82) is 0 Å². The van der Waals surface area contributed by atoms with Gasteiger partial charge in [0.15, 0.2) is 0 Å². The second-order valence-electron chi connectivity index (χ2n) is 3.79. The molecule has 1 rings (SSSR count). The van der Waals surface area contributed by atoms with Crippen molar-refractivity contribution in [3.63, 3.8) is 0 Å². The van der Waals surface area contributed by atoms with Gasteiger partial charge in [-0.2, -0.15) is 0 Å². The topological polar surface area (TPSA) is 52.6 Å². The van der Waals surface area contributed by atoms with Crippen LogP contribution in [-0.4, -0.2) is 20.0 Å². The maximum atomic E-state index is 12.3. The maximum absolute atomic E-state index is 12.3. The lowest BCUT2D eigenvalue weighted by Gasteiger charge is -2.16. The van der Waals surface area contributed by atoms with Crippen molar-refractivity contribution in [2.75, 3.05) is 14.2 Å². The summed E-state index contributed by atoms with van der Waals surface area (Å²) in [6.45, 7) is 1.44. The van der Waals surface area contributed by atoms with Crippen molar-refractivity contribution in [3.8, 4) is 0 Å². The minimum Gasteiger partial charge on any atom is -0.309 e. The third-order valence-corrected chi connectivity index (χ3v) is 4.35. The summed E-state index contributed by atoms with van der Waals surface area (Å²) in [5, 5.41) is 0.367. The van der Waals surface area contributed by atoms with Crippen LogP contribution in [0.1, 0.15) is 18.9 Å². The Kier molecular flexibility index (Phi) is 5.48. The summed E-state index contributed by atoms with van der Waals surface area (Å²) in [4.78, 5) is 11.2. The van der Waals surface area contributed by atoms with Gasteiger partial charge in [0.25, 0.3) is 0 Å². The van der Waals surface area contributed by atoms with E-state index in [1.807, 2.05) is 30.3 Å². The average molecular weight is 268 g/mol. The lowest BCUT2D eigenvalue weighted by atomic mass is 10.2. The fourth-order valence-electron chi connectivity index (χ4n) is 1.53. The summed E-state index contributed by atoms with van der Waals surface area (Å²) in [7, 11) is -0.753. The van der Waals surface area contributed by atoms with Crippen LogP contribution < -0.4 is 0 Å². The average Bonchev–Trinajstić information content (AvgIpc) is 2.38. The first kappa shape index (κ1) is 14.8. The third kappa shape index (κ3) is 3.91. The number of hydrogen-bond acceptors (Lipinski definition) is 4. The fraction of sp³-hybridized carbons (Fsp3) is 0.308. The number of rotatable bonds is 6. The Morgan fingerprint density at radius 3 is 2.22 bits per heavy atom. The molecule has 1 aromatic rings. The number of allylic oxidation sites excluding steroid dienone is 1. The molecule has 4 nitrogen and oxygen atoms in total. The maximum Gasteiger partial charge on any atom is 0.357 e. The van der Waals surface area contributed by atoms with Crippen LogP contribution >= 0.6 is 7.60 Å². The quantitative estimate of drug-likeness (QED) is 0.741. The van der Waals surface area contributed by atoms with Gasteiger partial charge in [-0.1, -0.05) is 30.3 Å². The Bertz CT molecular complexity index is 471. The molecule has 0 bridgehead atoms. The summed E-state index contributed by atoms with van der Waals surface area (Å²) < 4.78 is 22.2. The summed E-state index contributed by atoms with van der Waals surface area (Å²) in [5.74, 6) is -0.0912. The van der Waals surface area contributed by atoms with E-state index in [4.69, 9.17) is 9.05 Å². The van der Waals surface area contributed by atoms with Crippen LogP contribution in [0.25, 0.3) is 6.08 Å². The van der Waals surface area contributed by atoms with Gasteiger partial charge in [-0.25, -0.2) is 0 Å². The largest absolute Gasteiger partial charge is 0.357 e. The van der Waals surface area contributed by atoms with Gasteiger partial charge < -0.3 is 9.05 Å². The molecular weight excluding hydrogens is 251 g/mol. The third-order valence-electron chi connectivity index (χ3n) is 2.40. The van der Waals surface area contributed by atoms with E-state index in [1.165, 1.54) is 21.1 Å². The van der Waals surface area contributed by atoms with Crippen molar-refractivity contribution in [3.05, 3.63) is 41.2 Å². The summed E-state index contributed by atoms with van der Waals surface area (Å²) in [5.41, 5.74) is 0.850.